The first-order valence-electron chi connectivity index (χ1n) is 9.62. The lowest BCUT2D eigenvalue weighted by atomic mass is 9.87. The van der Waals surface area contributed by atoms with Crippen molar-refractivity contribution in [1.82, 2.24) is 10.2 Å². The summed E-state index contributed by atoms with van der Waals surface area (Å²) in [5, 5.41) is 3.86. The SMILES string of the molecule is CCC(C)C1CN(C2CCCCCCC2)C(C(C)C)CN1. The average Bonchev–Trinajstić information content (AvgIpc) is 2.45. The van der Waals surface area contributed by atoms with Crippen molar-refractivity contribution in [3.63, 3.8) is 0 Å². The monoisotopic (exact) mass is 294 g/mol. The summed E-state index contributed by atoms with van der Waals surface area (Å²) in [6, 6.07) is 2.30. The van der Waals surface area contributed by atoms with Crippen molar-refractivity contribution < 1.29 is 0 Å². The van der Waals surface area contributed by atoms with Gasteiger partial charge in [0.1, 0.15) is 0 Å². The van der Waals surface area contributed by atoms with E-state index in [1.54, 1.807) is 0 Å². The highest BCUT2D eigenvalue weighted by molar-refractivity contribution is 4.93. The van der Waals surface area contributed by atoms with Gasteiger partial charge in [-0.2, -0.15) is 0 Å². The van der Waals surface area contributed by atoms with E-state index in [0.29, 0.717) is 6.04 Å². The summed E-state index contributed by atoms with van der Waals surface area (Å²) in [6.07, 6.45) is 11.5. The van der Waals surface area contributed by atoms with E-state index >= 15 is 0 Å². The van der Waals surface area contributed by atoms with Crippen LogP contribution in [0.4, 0.5) is 0 Å². The lowest BCUT2D eigenvalue weighted by molar-refractivity contribution is 0.0327. The Labute approximate surface area is 133 Å². The minimum atomic E-state index is 0.704. The standard InChI is InChI=1S/C19H38N2/c1-5-16(4)18-14-21(19(13-20-18)15(2)3)17-11-9-7-6-8-10-12-17/h15-20H,5-14H2,1-4H3. The minimum Gasteiger partial charge on any atom is -0.311 e. The Hall–Kier alpha value is -0.0800. The molecule has 1 heterocycles. The van der Waals surface area contributed by atoms with Crippen LogP contribution in [0.5, 0.6) is 0 Å². The number of nitrogens with zero attached hydrogens (tertiary/aromatic N) is 1. The molecule has 0 radical (unpaired) electrons. The zero-order valence-electron chi connectivity index (χ0n) is 14.9. The van der Waals surface area contributed by atoms with Gasteiger partial charge in [0.05, 0.1) is 0 Å². The zero-order chi connectivity index (χ0) is 15.2. The second kappa shape index (κ2) is 8.53. The Balaban J connectivity index is 2.04. The Morgan fingerprint density at radius 2 is 1.62 bits per heavy atom. The van der Waals surface area contributed by atoms with Crippen LogP contribution < -0.4 is 5.32 Å². The molecule has 2 heteroatoms. The van der Waals surface area contributed by atoms with Crippen LogP contribution in [-0.4, -0.2) is 36.1 Å². The third-order valence-electron chi connectivity index (χ3n) is 6.07. The van der Waals surface area contributed by atoms with Crippen LogP contribution in [0.3, 0.4) is 0 Å². The van der Waals surface area contributed by atoms with Crippen LogP contribution in [-0.2, 0) is 0 Å². The summed E-state index contributed by atoms with van der Waals surface area (Å²) >= 11 is 0. The van der Waals surface area contributed by atoms with Gasteiger partial charge in [-0.25, -0.2) is 0 Å². The predicted molar refractivity (Wildman–Crippen MR) is 92.7 cm³/mol. The van der Waals surface area contributed by atoms with Gasteiger partial charge < -0.3 is 5.32 Å². The Kier molecular flexibility index (Phi) is 7.01. The Morgan fingerprint density at radius 3 is 2.19 bits per heavy atom. The molecule has 124 valence electrons. The molecule has 2 nitrogen and oxygen atoms in total. The lowest BCUT2D eigenvalue weighted by Crippen LogP contribution is -2.62. The quantitative estimate of drug-likeness (QED) is 0.824. The maximum absolute atomic E-state index is 3.86. The van der Waals surface area contributed by atoms with E-state index in [4.69, 9.17) is 0 Å². The molecule has 2 fully saturated rings. The van der Waals surface area contributed by atoms with Gasteiger partial charge in [-0.15, -0.1) is 0 Å². The minimum absolute atomic E-state index is 0.704. The molecular weight excluding hydrogens is 256 g/mol. The Morgan fingerprint density at radius 1 is 1.00 bits per heavy atom. The first kappa shape index (κ1) is 17.3. The number of nitrogens with one attached hydrogen (secondary N) is 1. The fraction of sp³-hybridized carbons (Fsp3) is 1.00. The molecule has 2 rings (SSSR count). The van der Waals surface area contributed by atoms with Crippen LogP contribution >= 0.6 is 0 Å². The molecule has 0 amide bonds. The normalized spacial score (nSPS) is 31.9. The van der Waals surface area contributed by atoms with Crippen molar-refractivity contribution >= 4 is 0 Å². The molecule has 1 N–H and O–H groups in total. The van der Waals surface area contributed by atoms with E-state index in [1.165, 1.54) is 64.5 Å². The molecule has 0 aromatic heterocycles. The lowest BCUT2D eigenvalue weighted by Gasteiger charge is -2.48. The van der Waals surface area contributed by atoms with E-state index in [0.717, 1.165) is 23.9 Å². The number of rotatable bonds is 4. The maximum atomic E-state index is 3.86. The van der Waals surface area contributed by atoms with Gasteiger partial charge in [0.2, 0.25) is 0 Å². The molecule has 3 unspecified atom stereocenters. The largest absolute Gasteiger partial charge is 0.311 e. The van der Waals surface area contributed by atoms with E-state index in [9.17, 15) is 0 Å². The number of hydrogen-bond donors (Lipinski definition) is 1. The molecule has 1 aliphatic heterocycles. The van der Waals surface area contributed by atoms with Crippen molar-refractivity contribution in [2.24, 2.45) is 11.8 Å². The summed E-state index contributed by atoms with van der Waals surface area (Å²) < 4.78 is 0. The molecule has 0 aromatic carbocycles. The average molecular weight is 295 g/mol. The second-order valence-electron chi connectivity index (χ2n) is 7.91. The molecule has 3 atom stereocenters. The van der Waals surface area contributed by atoms with E-state index < -0.39 is 0 Å². The molecule has 1 aliphatic carbocycles. The van der Waals surface area contributed by atoms with Gasteiger partial charge >= 0.3 is 0 Å². The topological polar surface area (TPSA) is 15.3 Å². The van der Waals surface area contributed by atoms with E-state index in [1.807, 2.05) is 0 Å². The highest BCUT2D eigenvalue weighted by atomic mass is 15.3. The maximum Gasteiger partial charge on any atom is 0.0247 e. The molecule has 0 bridgehead atoms. The van der Waals surface area contributed by atoms with Crippen LogP contribution in [0.1, 0.15) is 79.1 Å². The van der Waals surface area contributed by atoms with E-state index in [2.05, 4.69) is 37.9 Å². The van der Waals surface area contributed by atoms with Crippen LogP contribution in [0.25, 0.3) is 0 Å². The summed E-state index contributed by atoms with van der Waals surface area (Å²) in [7, 11) is 0. The first-order valence-corrected chi connectivity index (χ1v) is 9.62. The summed E-state index contributed by atoms with van der Waals surface area (Å²) in [4.78, 5) is 2.92. The highest BCUT2D eigenvalue weighted by Crippen LogP contribution is 2.28. The van der Waals surface area contributed by atoms with Crippen LogP contribution in [0.15, 0.2) is 0 Å². The van der Waals surface area contributed by atoms with Gasteiger partial charge in [0.15, 0.2) is 0 Å². The second-order valence-corrected chi connectivity index (χ2v) is 7.91. The predicted octanol–water partition coefficient (Wildman–Crippen LogP) is 4.44. The molecule has 1 saturated carbocycles. The van der Waals surface area contributed by atoms with Crippen molar-refractivity contribution in [3.8, 4) is 0 Å². The fourth-order valence-electron chi connectivity index (χ4n) is 4.29. The van der Waals surface area contributed by atoms with Crippen molar-refractivity contribution in [2.75, 3.05) is 13.1 Å². The smallest absolute Gasteiger partial charge is 0.0247 e. The van der Waals surface area contributed by atoms with Gasteiger partial charge in [0, 0.05) is 31.2 Å². The highest BCUT2D eigenvalue weighted by Gasteiger charge is 2.35. The summed E-state index contributed by atoms with van der Waals surface area (Å²) in [6.45, 7) is 12.0. The molecule has 2 aliphatic rings. The molecule has 21 heavy (non-hydrogen) atoms. The number of hydrogen-bond acceptors (Lipinski definition) is 2. The van der Waals surface area contributed by atoms with Crippen molar-refractivity contribution in [3.05, 3.63) is 0 Å². The van der Waals surface area contributed by atoms with Crippen LogP contribution in [0.2, 0.25) is 0 Å². The van der Waals surface area contributed by atoms with Gasteiger partial charge in [-0.3, -0.25) is 4.90 Å². The van der Waals surface area contributed by atoms with Crippen LogP contribution in [0, 0.1) is 11.8 Å². The van der Waals surface area contributed by atoms with Crippen molar-refractivity contribution in [2.45, 2.75) is 97.2 Å². The number of piperazine rings is 1. The van der Waals surface area contributed by atoms with Gasteiger partial charge in [-0.05, 0) is 24.7 Å². The van der Waals surface area contributed by atoms with Gasteiger partial charge in [0.25, 0.3) is 0 Å². The summed E-state index contributed by atoms with van der Waals surface area (Å²) in [5.41, 5.74) is 0. The van der Waals surface area contributed by atoms with E-state index in [-0.39, 0.29) is 0 Å². The van der Waals surface area contributed by atoms with Crippen molar-refractivity contribution in [1.29, 1.82) is 0 Å². The Bertz CT molecular complexity index is 281. The first-order chi connectivity index (χ1) is 10.1. The zero-order valence-corrected chi connectivity index (χ0v) is 14.9. The molecule has 0 spiro atoms. The van der Waals surface area contributed by atoms with Gasteiger partial charge in [-0.1, -0.05) is 66.2 Å². The fourth-order valence-corrected chi connectivity index (χ4v) is 4.29. The third-order valence-corrected chi connectivity index (χ3v) is 6.07. The summed E-state index contributed by atoms with van der Waals surface area (Å²) in [5.74, 6) is 1.56. The molecular formula is C19H38N2. The third kappa shape index (κ3) is 4.69. The molecule has 1 saturated heterocycles. The molecule has 0 aromatic rings.